The van der Waals surface area contributed by atoms with E-state index in [1.807, 2.05) is 24.0 Å². The van der Waals surface area contributed by atoms with Crippen LogP contribution in [-0.2, 0) is 0 Å². The van der Waals surface area contributed by atoms with Crippen molar-refractivity contribution in [3.63, 3.8) is 0 Å². The molecule has 2 aromatic carbocycles. The lowest BCUT2D eigenvalue weighted by Crippen LogP contribution is -2.30. The molecule has 1 heterocycles. The summed E-state index contributed by atoms with van der Waals surface area (Å²) in [6.07, 6.45) is 3.10. The predicted octanol–water partition coefficient (Wildman–Crippen LogP) is 4.80. The second kappa shape index (κ2) is 7.74. The number of benzene rings is 2. The van der Waals surface area contributed by atoms with Crippen molar-refractivity contribution in [1.82, 2.24) is 0 Å². The summed E-state index contributed by atoms with van der Waals surface area (Å²) in [5, 5.41) is 14.4. The van der Waals surface area contributed by atoms with E-state index < -0.39 is 4.92 Å². The molecule has 7 heteroatoms. The molecule has 0 aromatic heterocycles. The number of nitro groups is 1. The van der Waals surface area contributed by atoms with Crippen LogP contribution in [0.5, 0.6) is 0 Å². The Bertz CT molecular complexity index is 831. The molecule has 6 nitrogen and oxygen atoms in total. The molecule has 0 bridgehead atoms. The second-order valence-corrected chi connectivity index (χ2v) is 6.85. The number of carbonyl (C=O) groups is 1. The first-order chi connectivity index (χ1) is 12.5. The number of nitrogens with zero attached hydrogens (tertiary/aromatic N) is 2. The SMILES string of the molecule is Cc1ccc(C(=O)Nc2cc(N3CCCCC3)c([N+](=O)[O-])cc2Cl)cc1. The normalized spacial score (nSPS) is 14.2. The smallest absolute Gasteiger partial charge is 0.294 e. The molecule has 3 rings (SSSR count). The van der Waals surface area contributed by atoms with Gasteiger partial charge in [0.25, 0.3) is 11.6 Å². The Hall–Kier alpha value is -2.60. The van der Waals surface area contributed by atoms with Gasteiger partial charge >= 0.3 is 0 Å². The third kappa shape index (κ3) is 3.96. The second-order valence-electron chi connectivity index (χ2n) is 6.45. The van der Waals surface area contributed by atoms with E-state index in [1.165, 1.54) is 6.07 Å². The summed E-state index contributed by atoms with van der Waals surface area (Å²) < 4.78 is 0. The van der Waals surface area contributed by atoms with Gasteiger partial charge in [0.05, 0.1) is 15.6 Å². The number of hydrogen-bond acceptors (Lipinski definition) is 4. The van der Waals surface area contributed by atoms with Crippen LogP contribution in [0, 0.1) is 17.0 Å². The maximum absolute atomic E-state index is 12.5. The van der Waals surface area contributed by atoms with Crippen molar-refractivity contribution in [3.05, 3.63) is 62.7 Å². The Morgan fingerprint density at radius 2 is 1.81 bits per heavy atom. The van der Waals surface area contributed by atoms with Crippen molar-refractivity contribution >= 4 is 34.6 Å². The zero-order valence-electron chi connectivity index (χ0n) is 14.5. The van der Waals surface area contributed by atoms with Gasteiger partial charge in [-0.15, -0.1) is 0 Å². The van der Waals surface area contributed by atoms with Gasteiger partial charge in [-0.3, -0.25) is 14.9 Å². The largest absolute Gasteiger partial charge is 0.366 e. The molecule has 1 aliphatic heterocycles. The lowest BCUT2D eigenvalue weighted by atomic mass is 10.1. The van der Waals surface area contributed by atoms with Crippen LogP contribution in [0.2, 0.25) is 5.02 Å². The molecule has 1 aliphatic rings. The average molecular weight is 374 g/mol. The number of halogens is 1. The van der Waals surface area contributed by atoms with Crippen molar-refractivity contribution in [2.45, 2.75) is 26.2 Å². The summed E-state index contributed by atoms with van der Waals surface area (Å²) in [6, 6.07) is 10.1. The maximum atomic E-state index is 12.5. The maximum Gasteiger partial charge on any atom is 0.294 e. The van der Waals surface area contributed by atoms with E-state index in [1.54, 1.807) is 18.2 Å². The standard InChI is InChI=1S/C19H20ClN3O3/c1-13-5-7-14(8-6-13)19(24)21-16-12-17(22-9-3-2-4-10-22)18(23(25)26)11-15(16)20/h5-8,11-12H,2-4,9-10H2,1H3,(H,21,24). The van der Waals surface area contributed by atoms with Crippen LogP contribution in [0.4, 0.5) is 17.1 Å². The minimum Gasteiger partial charge on any atom is -0.366 e. The van der Waals surface area contributed by atoms with Crippen LogP contribution in [0.1, 0.15) is 35.2 Å². The lowest BCUT2D eigenvalue weighted by molar-refractivity contribution is -0.384. The van der Waals surface area contributed by atoms with Crippen LogP contribution in [-0.4, -0.2) is 23.9 Å². The number of nitrogens with one attached hydrogen (secondary N) is 1. The fraction of sp³-hybridized carbons (Fsp3) is 0.316. The quantitative estimate of drug-likeness (QED) is 0.617. The molecule has 0 aliphatic carbocycles. The topological polar surface area (TPSA) is 75.5 Å². The van der Waals surface area contributed by atoms with Gasteiger partial charge in [0, 0.05) is 24.7 Å². The number of nitro benzene ring substituents is 1. The average Bonchev–Trinajstić information content (AvgIpc) is 2.64. The molecule has 1 amide bonds. The highest BCUT2D eigenvalue weighted by atomic mass is 35.5. The summed E-state index contributed by atoms with van der Waals surface area (Å²) in [5.74, 6) is -0.301. The summed E-state index contributed by atoms with van der Waals surface area (Å²) in [7, 11) is 0. The number of piperidine rings is 1. The van der Waals surface area contributed by atoms with E-state index in [9.17, 15) is 14.9 Å². The van der Waals surface area contributed by atoms with Crippen molar-refractivity contribution in [2.75, 3.05) is 23.3 Å². The zero-order chi connectivity index (χ0) is 18.7. The van der Waals surface area contributed by atoms with Gasteiger partial charge in [-0.05, 0) is 44.4 Å². The third-order valence-corrected chi connectivity index (χ3v) is 4.83. The minimum absolute atomic E-state index is 0.0368. The Labute approximate surface area is 156 Å². The molecule has 1 fully saturated rings. The molecule has 1 N–H and O–H groups in total. The highest BCUT2D eigenvalue weighted by Crippen LogP contribution is 2.38. The molecule has 2 aromatic rings. The molecular weight excluding hydrogens is 354 g/mol. The van der Waals surface area contributed by atoms with E-state index in [0.29, 0.717) is 16.9 Å². The van der Waals surface area contributed by atoms with Crippen LogP contribution < -0.4 is 10.2 Å². The van der Waals surface area contributed by atoms with Crippen LogP contribution in [0.25, 0.3) is 0 Å². The summed E-state index contributed by atoms with van der Waals surface area (Å²) in [5.41, 5.74) is 2.40. The molecule has 0 spiro atoms. The van der Waals surface area contributed by atoms with E-state index >= 15 is 0 Å². The lowest BCUT2D eigenvalue weighted by Gasteiger charge is -2.29. The molecule has 0 saturated carbocycles. The van der Waals surface area contributed by atoms with E-state index in [0.717, 1.165) is 37.9 Å². The van der Waals surface area contributed by atoms with E-state index in [2.05, 4.69) is 5.32 Å². The number of amides is 1. The third-order valence-electron chi connectivity index (χ3n) is 4.52. The molecule has 0 unspecified atom stereocenters. The highest BCUT2D eigenvalue weighted by Gasteiger charge is 2.24. The fourth-order valence-electron chi connectivity index (χ4n) is 3.08. The van der Waals surface area contributed by atoms with E-state index in [4.69, 9.17) is 11.6 Å². The van der Waals surface area contributed by atoms with Gasteiger partial charge in [-0.1, -0.05) is 29.3 Å². The van der Waals surface area contributed by atoms with Crippen molar-refractivity contribution in [1.29, 1.82) is 0 Å². The Morgan fingerprint density at radius 3 is 2.42 bits per heavy atom. The molecule has 0 radical (unpaired) electrons. The number of anilines is 2. The first kappa shape index (κ1) is 18.2. The number of carbonyl (C=O) groups excluding carboxylic acids is 1. The van der Waals surface area contributed by atoms with Gasteiger partial charge in [-0.25, -0.2) is 0 Å². The summed E-state index contributed by atoms with van der Waals surface area (Å²) in [4.78, 5) is 25.5. The molecular formula is C19H20ClN3O3. The number of rotatable bonds is 4. The van der Waals surface area contributed by atoms with Gasteiger partial charge < -0.3 is 10.2 Å². The van der Waals surface area contributed by atoms with Crippen LogP contribution in [0.3, 0.4) is 0 Å². The Morgan fingerprint density at radius 1 is 1.15 bits per heavy atom. The van der Waals surface area contributed by atoms with Crippen LogP contribution >= 0.6 is 11.6 Å². The molecule has 1 saturated heterocycles. The monoisotopic (exact) mass is 373 g/mol. The van der Waals surface area contributed by atoms with Gasteiger partial charge in [0.15, 0.2) is 0 Å². The Balaban J connectivity index is 1.92. The highest BCUT2D eigenvalue weighted by molar-refractivity contribution is 6.34. The first-order valence-corrected chi connectivity index (χ1v) is 8.94. The van der Waals surface area contributed by atoms with Crippen LogP contribution in [0.15, 0.2) is 36.4 Å². The summed E-state index contributed by atoms with van der Waals surface area (Å²) >= 11 is 6.20. The van der Waals surface area contributed by atoms with Crippen molar-refractivity contribution in [3.8, 4) is 0 Å². The number of aryl methyl sites for hydroxylation is 1. The van der Waals surface area contributed by atoms with Gasteiger partial charge in [0.2, 0.25) is 0 Å². The van der Waals surface area contributed by atoms with Crippen molar-refractivity contribution in [2.24, 2.45) is 0 Å². The van der Waals surface area contributed by atoms with Gasteiger partial charge in [-0.2, -0.15) is 0 Å². The molecule has 0 atom stereocenters. The van der Waals surface area contributed by atoms with Gasteiger partial charge in [0.1, 0.15) is 5.69 Å². The van der Waals surface area contributed by atoms with Crippen molar-refractivity contribution < 1.29 is 9.72 Å². The predicted molar refractivity (Wildman–Crippen MR) is 103 cm³/mol. The van der Waals surface area contributed by atoms with E-state index in [-0.39, 0.29) is 16.6 Å². The first-order valence-electron chi connectivity index (χ1n) is 8.56. The molecule has 26 heavy (non-hydrogen) atoms. The minimum atomic E-state index is -0.429. The summed E-state index contributed by atoms with van der Waals surface area (Å²) in [6.45, 7) is 3.46. The molecule has 136 valence electrons. The Kier molecular flexibility index (Phi) is 5.42. The fourth-order valence-corrected chi connectivity index (χ4v) is 3.29. The zero-order valence-corrected chi connectivity index (χ0v) is 15.3. The number of hydrogen-bond donors (Lipinski definition) is 1.